The lowest BCUT2D eigenvalue weighted by atomic mass is 10.2. The molecule has 16 heavy (non-hydrogen) atoms. The van der Waals surface area contributed by atoms with Gasteiger partial charge in [0.2, 0.25) is 0 Å². The Kier molecular flexibility index (Phi) is 2.11. The second kappa shape index (κ2) is 3.61. The molecule has 3 heterocycles. The van der Waals surface area contributed by atoms with Gasteiger partial charge < -0.3 is 5.32 Å². The van der Waals surface area contributed by atoms with E-state index in [2.05, 4.69) is 25.3 Å². The number of nitrogens with zero attached hydrogens (tertiary/aromatic N) is 4. The summed E-state index contributed by atoms with van der Waals surface area (Å²) >= 11 is 0. The molecule has 2 aromatic rings. The minimum atomic E-state index is 0.660. The van der Waals surface area contributed by atoms with Crippen LogP contribution < -0.4 is 5.32 Å². The lowest BCUT2D eigenvalue weighted by molar-refractivity contribution is 0.757. The molecule has 1 aliphatic heterocycles. The van der Waals surface area contributed by atoms with Crippen molar-refractivity contribution in [1.29, 1.82) is 0 Å². The third-order valence-corrected chi connectivity index (χ3v) is 2.69. The van der Waals surface area contributed by atoms with E-state index >= 15 is 0 Å². The van der Waals surface area contributed by atoms with Gasteiger partial charge in [-0.05, 0) is 6.92 Å². The lowest BCUT2D eigenvalue weighted by Gasteiger charge is -2.04. The fourth-order valence-corrected chi connectivity index (χ4v) is 1.87. The Hall–Kier alpha value is -1.88. The Labute approximate surface area is 93.0 Å². The molecule has 0 unspecified atom stereocenters. The maximum absolute atomic E-state index is 4.51. The molecule has 3 rings (SSSR count). The van der Waals surface area contributed by atoms with Crippen molar-refractivity contribution in [3.8, 4) is 11.5 Å². The van der Waals surface area contributed by atoms with Crippen molar-refractivity contribution in [2.24, 2.45) is 0 Å². The quantitative estimate of drug-likeness (QED) is 0.760. The monoisotopic (exact) mass is 213 g/mol. The van der Waals surface area contributed by atoms with Crippen molar-refractivity contribution >= 4 is 0 Å². The summed E-state index contributed by atoms with van der Waals surface area (Å²) in [5.74, 6) is 0.660. The first-order valence-electron chi connectivity index (χ1n) is 5.18. The summed E-state index contributed by atoms with van der Waals surface area (Å²) in [5, 5.41) is 3.27. The van der Waals surface area contributed by atoms with Crippen LogP contribution in [0.2, 0.25) is 0 Å². The van der Waals surface area contributed by atoms with Gasteiger partial charge in [0.05, 0.1) is 11.9 Å². The fraction of sp³-hybridized carbons (Fsp3) is 0.273. The Bertz CT molecular complexity index is 523. The van der Waals surface area contributed by atoms with E-state index in [0.29, 0.717) is 5.82 Å². The molecule has 0 saturated heterocycles. The highest BCUT2D eigenvalue weighted by Gasteiger charge is 2.17. The van der Waals surface area contributed by atoms with Gasteiger partial charge in [-0.2, -0.15) is 0 Å². The minimum absolute atomic E-state index is 0.660. The summed E-state index contributed by atoms with van der Waals surface area (Å²) in [7, 11) is 0. The van der Waals surface area contributed by atoms with Crippen LogP contribution in [0.15, 0.2) is 18.6 Å². The molecule has 2 aromatic heterocycles. The lowest BCUT2D eigenvalue weighted by Crippen LogP contribution is -2.01. The number of aromatic nitrogens is 4. The first-order valence-corrected chi connectivity index (χ1v) is 5.18. The molecule has 0 radical (unpaired) electrons. The summed E-state index contributed by atoms with van der Waals surface area (Å²) < 4.78 is 0. The Morgan fingerprint density at radius 2 is 2.12 bits per heavy atom. The van der Waals surface area contributed by atoms with Crippen LogP contribution in [0.1, 0.15) is 17.0 Å². The van der Waals surface area contributed by atoms with E-state index in [-0.39, 0.29) is 0 Å². The van der Waals surface area contributed by atoms with E-state index in [0.717, 1.165) is 30.2 Å². The molecule has 0 bridgehead atoms. The van der Waals surface area contributed by atoms with Gasteiger partial charge >= 0.3 is 0 Å². The van der Waals surface area contributed by atoms with Crippen LogP contribution in [-0.4, -0.2) is 19.9 Å². The standard InChI is InChI=1S/C11H11N5/c1-7-8-4-13-5-9(8)16-11(15-7)10-6-12-2-3-14-10/h2-3,6,13H,4-5H2,1H3. The second-order valence-corrected chi connectivity index (χ2v) is 3.75. The van der Waals surface area contributed by atoms with Gasteiger partial charge in [0, 0.05) is 36.7 Å². The van der Waals surface area contributed by atoms with E-state index in [4.69, 9.17) is 0 Å². The topological polar surface area (TPSA) is 63.6 Å². The molecule has 0 atom stereocenters. The van der Waals surface area contributed by atoms with Gasteiger partial charge in [-0.3, -0.25) is 4.98 Å². The molecule has 5 nitrogen and oxygen atoms in total. The van der Waals surface area contributed by atoms with Crippen LogP contribution in [0.3, 0.4) is 0 Å². The number of aryl methyl sites for hydroxylation is 1. The zero-order valence-electron chi connectivity index (χ0n) is 8.94. The molecule has 0 fully saturated rings. The molecule has 0 spiro atoms. The third-order valence-electron chi connectivity index (χ3n) is 2.69. The highest BCUT2D eigenvalue weighted by molar-refractivity contribution is 5.49. The largest absolute Gasteiger partial charge is 0.307 e. The van der Waals surface area contributed by atoms with Gasteiger partial charge in [0.25, 0.3) is 0 Å². The first-order chi connectivity index (χ1) is 7.84. The Balaban J connectivity index is 2.13. The Morgan fingerprint density at radius 3 is 2.94 bits per heavy atom. The van der Waals surface area contributed by atoms with Gasteiger partial charge in [-0.15, -0.1) is 0 Å². The number of hydrogen-bond donors (Lipinski definition) is 1. The molecule has 80 valence electrons. The van der Waals surface area contributed by atoms with Crippen LogP contribution in [-0.2, 0) is 13.1 Å². The predicted molar refractivity (Wildman–Crippen MR) is 58.3 cm³/mol. The molecular formula is C11H11N5. The zero-order valence-corrected chi connectivity index (χ0v) is 8.94. The highest BCUT2D eigenvalue weighted by Crippen LogP contribution is 2.19. The predicted octanol–water partition coefficient (Wildman–Crippen LogP) is 0.845. The smallest absolute Gasteiger partial charge is 0.180 e. The van der Waals surface area contributed by atoms with E-state index in [1.165, 1.54) is 5.56 Å². The van der Waals surface area contributed by atoms with E-state index in [9.17, 15) is 0 Å². The molecule has 0 saturated carbocycles. The van der Waals surface area contributed by atoms with E-state index in [1.807, 2.05) is 6.92 Å². The normalized spacial score (nSPS) is 13.8. The molecule has 1 aliphatic rings. The molecule has 1 N–H and O–H groups in total. The summed E-state index contributed by atoms with van der Waals surface area (Å²) in [5.41, 5.74) is 4.04. The van der Waals surface area contributed by atoms with Crippen LogP contribution in [0.5, 0.6) is 0 Å². The minimum Gasteiger partial charge on any atom is -0.307 e. The second-order valence-electron chi connectivity index (χ2n) is 3.75. The van der Waals surface area contributed by atoms with Crippen molar-refractivity contribution in [1.82, 2.24) is 25.3 Å². The SMILES string of the molecule is Cc1nc(-c2cnccn2)nc2c1CNC2. The maximum atomic E-state index is 4.51. The maximum Gasteiger partial charge on any atom is 0.180 e. The average Bonchev–Trinajstić information content (AvgIpc) is 2.79. The van der Waals surface area contributed by atoms with Crippen molar-refractivity contribution in [3.63, 3.8) is 0 Å². The zero-order chi connectivity index (χ0) is 11.0. The van der Waals surface area contributed by atoms with Gasteiger partial charge in [0.15, 0.2) is 5.82 Å². The fourth-order valence-electron chi connectivity index (χ4n) is 1.87. The van der Waals surface area contributed by atoms with Crippen LogP contribution in [0, 0.1) is 6.92 Å². The van der Waals surface area contributed by atoms with Gasteiger partial charge in [0.1, 0.15) is 5.69 Å². The summed E-state index contributed by atoms with van der Waals surface area (Å²) in [6, 6.07) is 0. The first kappa shape index (κ1) is 9.35. The third kappa shape index (κ3) is 1.45. The number of hydrogen-bond acceptors (Lipinski definition) is 5. The molecule has 0 aromatic carbocycles. The summed E-state index contributed by atoms with van der Waals surface area (Å²) in [4.78, 5) is 17.2. The molecule has 0 aliphatic carbocycles. The Morgan fingerprint density at radius 1 is 1.19 bits per heavy atom. The van der Waals surface area contributed by atoms with Crippen LogP contribution in [0.4, 0.5) is 0 Å². The summed E-state index contributed by atoms with van der Waals surface area (Å²) in [6.07, 6.45) is 4.98. The van der Waals surface area contributed by atoms with Crippen molar-refractivity contribution in [3.05, 3.63) is 35.5 Å². The molecule has 5 heteroatoms. The van der Waals surface area contributed by atoms with Crippen LogP contribution in [0.25, 0.3) is 11.5 Å². The number of fused-ring (bicyclic) bond motifs is 1. The van der Waals surface area contributed by atoms with E-state index < -0.39 is 0 Å². The average molecular weight is 213 g/mol. The summed E-state index contributed by atoms with van der Waals surface area (Å²) in [6.45, 7) is 3.68. The highest BCUT2D eigenvalue weighted by atomic mass is 15.0. The van der Waals surface area contributed by atoms with Gasteiger partial charge in [-0.25, -0.2) is 15.0 Å². The number of nitrogens with one attached hydrogen (secondary N) is 1. The van der Waals surface area contributed by atoms with E-state index in [1.54, 1.807) is 18.6 Å². The van der Waals surface area contributed by atoms with Crippen molar-refractivity contribution in [2.75, 3.05) is 0 Å². The van der Waals surface area contributed by atoms with Gasteiger partial charge in [-0.1, -0.05) is 0 Å². The molecule has 0 amide bonds. The number of rotatable bonds is 1. The molecular weight excluding hydrogens is 202 g/mol. The van der Waals surface area contributed by atoms with Crippen molar-refractivity contribution < 1.29 is 0 Å². The van der Waals surface area contributed by atoms with Crippen molar-refractivity contribution in [2.45, 2.75) is 20.0 Å². The van der Waals surface area contributed by atoms with Crippen LogP contribution >= 0.6 is 0 Å².